The topological polar surface area (TPSA) is 70.4 Å². The number of halogens is 1. The summed E-state index contributed by atoms with van der Waals surface area (Å²) in [4.78, 5) is 2.71. The van der Waals surface area contributed by atoms with Gasteiger partial charge in [0, 0.05) is 36.8 Å². The van der Waals surface area contributed by atoms with Crippen LogP contribution in [0.3, 0.4) is 0 Å². The van der Waals surface area contributed by atoms with Crippen molar-refractivity contribution in [2.45, 2.75) is 18.2 Å². The van der Waals surface area contributed by atoms with Crippen LogP contribution in [0.15, 0.2) is 47.4 Å². The number of nitriles is 1. The van der Waals surface area contributed by atoms with E-state index in [1.165, 1.54) is 6.26 Å². The lowest BCUT2D eigenvalue weighted by Gasteiger charge is -2.17. The first-order chi connectivity index (χ1) is 13.7. The van der Waals surface area contributed by atoms with Gasteiger partial charge in [-0.1, -0.05) is 18.5 Å². The van der Waals surface area contributed by atoms with E-state index in [1.54, 1.807) is 30.3 Å². The second-order valence-electron chi connectivity index (χ2n) is 7.76. The van der Waals surface area contributed by atoms with Gasteiger partial charge in [0.05, 0.1) is 23.1 Å². The lowest BCUT2D eigenvalue weighted by molar-refractivity contribution is 0.225. The maximum atomic E-state index is 11.5. The van der Waals surface area contributed by atoms with Gasteiger partial charge in [0.15, 0.2) is 9.84 Å². The third-order valence-electron chi connectivity index (χ3n) is 5.36. The molecule has 1 heterocycles. The second-order valence-corrected chi connectivity index (χ2v) is 10.2. The van der Waals surface area contributed by atoms with Crippen LogP contribution in [0, 0.1) is 23.2 Å². The Kier molecular flexibility index (Phi) is 6.84. The monoisotopic (exact) mass is 432 g/mol. The number of hydrogen-bond acceptors (Lipinski definition) is 5. The van der Waals surface area contributed by atoms with Crippen molar-refractivity contribution in [2.75, 3.05) is 32.5 Å². The first-order valence-corrected chi connectivity index (χ1v) is 11.9. The summed E-state index contributed by atoms with van der Waals surface area (Å²) in [5, 5.41) is 9.68. The van der Waals surface area contributed by atoms with Crippen LogP contribution < -0.4 is 4.74 Å². The minimum atomic E-state index is -3.19. The van der Waals surface area contributed by atoms with Crippen molar-refractivity contribution in [3.8, 4) is 11.8 Å². The van der Waals surface area contributed by atoms with Gasteiger partial charge in [0.2, 0.25) is 0 Å². The molecule has 0 spiro atoms. The summed E-state index contributed by atoms with van der Waals surface area (Å²) in [7, 11) is -3.19. The highest BCUT2D eigenvalue weighted by molar-refractivity contribution is 7.90. The molecule has 1 aliphatic heterocycles. The van der Waals surface area contributed by atoms with Crippen LogP contribution in [0.5, 0.6) is 5.75 Å². The van der Waals surface area contributed by atoms with Crippen molar-refractivity contribution in [3.63, 3.8) is 0 Å². The molecular formula is C22H25ClN2O3S. The van der Waals surface area contributed by atoms with Crippen molar-refractivity contribution in [1.82, 2.24) is 4.90 Å². The van der Waals surface area contributed by atoms with Crippen LogP contribution in [0.25, 0.3) is 0 Å². The molecule has 154 valence electrons. The Balaban J connectivity index is 1.51. The Morgan fingerprint density at radius 3 is 2.59 bits per heavy atom. The first kappa shape index (κ1) is 21.6. The standard InChI is InChI=1S/C22H25ClN2O3S/c1-16-13-25(8-7-17-9-18(12-24)11-20(23)10-17)14-19(16)15-28-21-3-5-22(6-4-21)29(2,26)27/h3-6,9-11,16,19H,7-8,13-15H2,1-2H3/t16-,19+/m1/s1. The molecule has 1 saturated heterocycles. The minimum absolute atomic E-state index is 0.297. The lowest BCUT2D eigenvalue weighted by Crippen LogP contribution is -2.24. The van der Waals surface area contributed by atoms with Crippen molar-refractivity contribution in [3.05, 3.63) is 58.6 Å². The van der Waals surface area contributed by atoms with Crippen LogP contribution in [0.1, 0.15) is 18.1 Å². The van der Waals surface area contributed by atoms with Crippen molar-refractivity contribution in [2.24, 2.45) is 11.8 Å². The summed E-state index contributed by atoms with van der Waals surface area (Å²) in [6.45, 7) is 5.70. The van der Waals surface area contributed by atoms with E-state index >= 15 is 0 Å². The van der Waals surface area contributed by atoms with Crippen LogP contribution >= 0.6 is 11.6 Å². The molecule has 0 aliphatic carbocycles. The number of benzene rings is 2. The van der Waals surface area contributed by atoms with Crippen LogP contribution in [-0.2, 0) is 16.3 Å². The van der Waals surface area contributed by atoms with Gasteiger partial charge < -0.3 is 9.64 Å². The van der Waals surface area contributed by atoms with Crippen LogP contribution in [0.2, 0.25) is 5.02 Å². The average Bonchev–Trinajstić information content (AvgIpc) is 3.03. The van der Waals surface area contributed by atoms with Crippen molar-refractivity contribution < 1.29 is 13.2 Å². The lowest BCUT2D eigenvalue weighted by atomic mass is 9.99. The molecule has 2 aromatic rings. The number of ether oxygens (including phenoxy) is 1. The fourth-order valence-corrected chi connectivity index (χ4v) is 4.56. The molecule has 0 radical (unpaired) electrons. The molecule has 0 aromatic heterocycles. The molecule has 7 heteroatoms. The molecule has 1 aliphatic rings. The number of likely N-dealkylation sites (tertiary alicyclic amines) is 1. The molecule has 5 nitrogen and oxygen atoms in total. The molecule has 3 rings (SSSR count). The van der Waals surface area contributed by atoms with Gasteiger partial charge in [-0.2, -0.15) is 5.26 Å². The first-order valence-electron chi connectivity index (χ1n) is 9.59. The van der Waals surface area contributed by atoms with E-state index < -0.39 is 9.84 Å². The quantitative estimate of drug-likeness (QED) is 0.665. The summed E-state index contributed by atoms with van der Waals surface area (Å²) in [6.07, 6.45) is 2.05. The Labute approximate surface area is 177 Å². The van der Waals surface area contributed by atoms with E-state index in [0.29, 0.717) is 39.7 Å². The molecular weight excluding hydrogens is 408 g/mol. The van der Waals surface area contributed by atoms with Crippen molar-refractivity contribution in [1.29, 1.82) is 5.26 Å². The fourth-order valence-electron chi connectivity index (χ4n) is 3.67. The summed E-state index contributed by atoms with van der Waals surface area (Å²) in [5.74, 6) is 1.61. The van der Waals surface area contributed by atoms with Gasteiger partial charge in [-0.25, -0.2) is 8.42 Å². The van der Waals surface area contributed by atoms with E-state index in [4.69, 9.17) is 21.6 Å². The Bertz CT molecular complexity index is 1000. The number of sulfone groups is 1. The molecule has 0 N–H and O–H groups in total. The highest BCUT2D eigenvalue weighted by atomic mass is 35.5. The molecule has 2 aromatic carbocycles. The van der Waals surface area contributed by atoms with E-state index in [1.807, 2.05) is 12.1 Å². The van der Waals surface area contributed by atoms with Gasteiger partial charge in [-0.05, 0) is 60.4 Å². The molecule has 29 heavy (non-hydrogen) atoms. The average molecular weight is 433 g/mol. The maximum absolute atomic E-state index is 11.5. The molecule has 0 saturated carbocycles. The smallest absolute Gasteiger partial charge is 0.175 e. The zero-order chi connectivity index (χ0) is 21.0. The molecule has 0 amide bonds. The normalized spacial score (nSPS) is 19.8. The Morgan fingerprint density at radius 2 is 1.93 bits per heavy atom. The zero-order valence-electron chi connectivity index (χ0n) is 16.6. The van der Waals surface area contributed by atoms with Gasteiger partial charge in [-0.3, -0.25) is 0 Å². The zero-order valence-corrected chi connectivity index (χ0v) is 18.2. The molecule has 0 unspecified atom stereocenters. The second kappa shape index (κ2) is 9.17. The number of nitrogens with zero attached hydrogens (tertiary/aromatic N) is 2. The third-order valence-corrected chi connectivity index (χ3v) is 6.71. The largest absolute Gasteiger partial charge is 0.493 e. The molecule has 0 bridgehead atoms. The highest BCUT2D eigenvalue weighted by Gasteiger charge is 2.29. The number of hydrogen-bond donors (Lipinski definition) is 0. The number of rotatable bonds is 7. The van der Waals surface area contributed by atoms with Gasteiger partial charge in [0.1, 0.15) is 5.75 Å². The Morgan fingerprint density at radius 1 is 1.21 bits per heavy atom. The predicted molar refractivity (Wildman–Crippen MR) is 114 cm³/mol. The minimum Gasteiger partial charge on any atom is -0.493 e. The summed E-state index contributed by atoms with van der Waals surface area (Å²) in [5.41, 5.74) is 1.67. The van der Waals surface area contributed by atoms with Gasteiger partial charge in [0.25, 0.3) is 0 Å². The van der Waals surface area contributed by atoms with E-state index in [2.05, 4.69) is 17.9 Å². The SMILES string of the molecule is C[C@@H]1CN(CCc2cc(Cl)cc(C#N)c2)C[C@H]1COc1ccc(S(C)(=O)=O)cc1. The van der Waals surface area contributed by atoms with E-state index in [0.717, 1.165) is 31.6 Å². The molecule has 2 atom stereocenters. The predicted octanol–water partition coefficient (Wildman–Crippen LogP) is 3.80. The van der Waals surface area contributed by atoms with E-state index in [9.17, 15) is 8.42 Å². The van der Waals surface area contributed by atoms with Crippen molar-refractivity contribution >= 4 is 21.4 Å². The summed E-state index contributed by atoms with van der Waals surface area (Å²) >= 11 is 6.09. The van der Waals surface area contributed by atoms with Gasteiger partial charge >= 0.3 is 0 Å². The maximum Gasteiger partial charge on any atom is 0.175 e. The van der Waals surface area contributed by atoms with Crippen LogP contribution in [0.4, 0.5) is 0 Å². The summed E-state index contributed by atoms with van der Waals surface area (Å²) < 4.78 is 29.0. The summed E-state index contributed by atoms with van der Waals surface area (Å²) in [6, 6.07) is 14.2. The third kappa shape index (κ3) is 5.96. The fraction of sp³-hybridized carbons (Fsp3) is 0.409. The van der Waals surface area contributed by atoms with E-state index in [-0.39, 0.29) is 0 Å². The van der Waals surface area contributed by atoms with Crippen LogP contribution in [-0.4, -0.2) is 45.8 Å². The van der Waals surface area contributed by atoms with Gasteiger partial charge in [-0.15, -0.1) is 0 Å². The highest BCUT2D eigenvalue weighted by Crippen LogP contribution is 2.25. The molecule has 1 fully saturated rings. The Hall–Kier alpha value is -2.07.